The lowest BCUT2D eigenvalue weighted by molar-refractivity contribution is 0.0861. The van der Waals surface area contributed by atoms with Crippen LogP contribution in [0, 0.1) is 0 Å². The maximum absolute atomic E-state index is 12.7. The number of benzene rings is 1. The number of carbonyl (C=O) groups is 1. The summed E-state index contributed by atoms with van der Waals surface area (Å²) in [4.78, 5) is 27.2. The molecule has 0 atom stereocenters. The molecule has 0 bridgehead atoms. The Hall–Kier alpha value is -2.21. The van der Waals surface area contributed by atoms with Crippen molar-refractivity contribution in [2.24, 2.45) is 0 Å². The SMILES string of the molecule is O=C(NC1CCN(C2CCCCC2)CC1)c1n[nH]c(=O)c2ccccc12. The molecule has 1 saturated heterocycles. The van der Waals surface area contributed by atoms with E-state index in [4.69, 9.17) is 0 Å². The van der Waals surface area contributed by atoms with E-state index in [-0.39, 0.29) is 17.5 Å². The minimum absolute atomic E-state index is 0.176. The Kier molecular flexibility index (Phi) is 5.02. The molecular formula is C20H26N4O2. The quantitative estimate of drug-likeness (QED) is 0.887. The minimum Gasteiger partial charge on any atom is -0.348 e. The number of nitrogens with one attached hydrogen (secondary N) is 2. The number of piperidine rings is 1. The van der Waals surface area contributed by atoms with Crippen molar-refractivity contribution < 1.29 is 4.79 Å². The Labute approximate surface area is 153 Å². The molecular weight excluding hydrogens is 328 g/mol. The lowest BCUT2D eigenvalue weighted by Crippen LogP contribution is -2.48. The van der Waals surface area contributed by atoms with E-state index in [1.165, 1.54) is 32.1 Å². The first kappa shape index (κ1) is 17.2. The van der Waals surface area contributed by atoms with Gasteiger partial charge in [-0.05, 0) is 31.7 Å². The second kappa shape index (κ2) is 7.58. The van der Waals surface area contributed by atoms with Crippen LogP contribution >= 0.6 is 0 Å². The van der Waals surface area contributed by atoms with Gasteiger partial charge in [0.05, 0.1) is 5.39 Å². The summed E-state index contributed by atoms with van der Waals surface area (Å²) in [6.07, 6.45) is 8.68. The fraction of sp³-hybridized carbons (Fsp3) is 0.550. The van der Waals surface area contributed by atoms with Gasteiger partial charge in [0.1, 0.15) is 0 Å². The highest BCUT2D eigenvalue weighted by molar-refractivity contribution is 6.04. The third kappa shape index (κ3) is 3.51. The molecule has 0 spiro atoms. The fourth-order valence-electron chi connectivity index (χ4n) is 4.40. The van der Waals surface area contributed by atoms with Gasteiger partial charge in [0, 0.05) is 30.6 Å². The molecule has 0 radical (unpaired) electrons. The van der Waals surface area contributed by atoms with Crippen molar-refractivity contribution in [2.45, 2.75) is 57.0 Å². The van der Waals surface area contributed by atoms with E-state index in [1.54, 1.807) is 18.2 Å². The molecule has 1 aromatic heterocycles. The monoisotopic (exact) mass is 354 g/mol. The summed E-state index contributed by atoms with van der Waals surface area (Å²) in [6.45, 7) is 2.10. The highest BCUT2D eigenvalue weighted by Crippen LogP contribution is 2.25. The number of aromatic nitrogens is 2. The third-order valence-electron chi connectivity index (χ3n) is 5.87. The molecule has 26 heavy (non-hydrogen) atoms. The minimum atomic E-state index is -0.266. The average Bonchev–Trinajstić information content (AvgIpc) is 2.70. The van der Waals surface area contributed by atoms with Crippen LogP contribution in [0.5, 0.6) is 0 Å². The van der Waals surface area contributed by atoms with Crippen LogP contribution in [0.1, 0.15) is 55.4 Å². The molecule has 1 aliphatic carbocycles. The summed E-state index contributed by atoms with van der Waals surface area (Å²) in [5.74, 6) is -0.200. The average molecular weight is 354 g/mol. The molecule has 2 N–H and O–H groups in total. The van der Waals surface area contributed by atoms with Crippen molar-refractivity contribution in [1.82, 2.24) is 20.4 Å². The van der Waals surface area contributed by atoms with Gasteiger partial charge in [-0.3, -0.25) is 9.59 Å². The van der Waals surface area contributed by atoms with Crippen molar-refractivity contribution in [3.63, 3.8) is 0 Å². The second-order valence-electron chi connectivity index (χ2n) is 7.52. The number of H-pyrrole nitrogens is 1. The summed E-state index contributed by atoms with van der Waals surface area (Å²) in [7, 11) is 0. The molecule has 6 nitrogen and oxygen atoms in total. The van der Waals surface area contributed by atoms with Gasteiger partial charge in [-0.2, -0.15) is 5.10 Å². The topological polar surface area (TPSA) is 78.1 Å². The van der Waals surface area contributed by atoms with Crippen LogP contribution in [0.2, 0.25) is 0 Å². The summed E-state index contributed by atoms with van der Waals surface area (Å²) >= 11 is 0. The van der Waals surface area contributed by atoms with Crippen molar-refractivity contribution in [1.29, 1.82) is 0 Å². The van der Waals surface area contributed by atoms with E-state index in [0.717, 1.165) is 32.0 Å². The number of hydrogen-bond acceptors (Lipinski definition) is 4. The van der Waals surface area contributed by atoms with E-state index in [9.17, 15) is 9.59 Å². The van der Waals surface area contributed by atoms with Crippen LogP contribution in [-0.2, 0) is 0 Å². The molecule has 1 aromatic carbocycles. The molecule has 1 amide bonds. The van der Waals surface area contributed by atoms with Crippen molar-refractivity contribution in [2.75, 3.05) is 13.1 Å². The zero-order chi connectivity index (χ0) is 17.9. The molecule has 0 unspecified atom stereocenters. The van der Waals surface area contributed by atoms with Crippen molar-refractivity contribution in [3.05, 3.63) is 40.3 Å². The highest BCUT2D eigenvalue weighted by atomic mass is 16.2. The third-order valence-corrected chi connectivity index (χ3v) is 5.87. The number of carbonyl (C=O) groups excluding carboxylic acids is 1. The smallest absolute Gasteiger partial charge is 0.272 e. The Morgan fingerprint density at radius 1 is 1.04 bits per heavy atom. The van der Waals surface area contributed by atoms with Gasteiger partial charge < -0.3 is 10.2 Å². The first-order valence-electron chi connectivity index (χ1n) is 9.75. The second-order valence-corrected chi connectivity index (χ2v) is 7.52. The van der Waals surface area contributed by atoms with Gasteiger partial charge >= 0.3 is 0 Å². The number of aromatic amines is 1. The number of hydrogen-bond donors (Lipinski definition) is 2. The van der Waals surface area contributed by atoms with Crippen LogP contribution in [0.3, 0.4) is 0 Å². The summed E-state index contributed by atoms with van der Waals surface area (Å²) in [5, 5.41) is 10.7. The van der Waals surface area contributed by atoms with Gasteiger partial charge in [0.2, 0.25) is 0 Å². The van der Waals surface area contributed by atoms with E-state index >= 15 is 0 Å². The van der Waals surface area contributed by atoms with E-state index in [0.29, 0.717) is 16.5 Å². The lowest BCUT2D eigenvalue weighted by Gasteiger charge is -2.39. The van der Waals surface area contributed by atoms with Crippen LogP contribution < -0.4 is 10.9 Å². The van der Waals surface area contributed by atoms with Gasteiger partial charge in [0.15, 0.2) is 5.69 Å². The van der Waals surface area contributed by atoms with Crippen molar-refractivity contribution in [3.8, 4) is 0 Å². The predicted molar refractivity (Wildman–Crippen MR) is 101 cm³/mol. The Bertz CT molecular complexity index is 833. The van der Waals surface area contributed by atoms with E-state index in [2.05, 4.69) is 20.4 Å². The van der Waals surface area contributed by atoms with Gasteiger partial charge in [-0.15, -0.1) is 0 Å². The first-order chi connectivity index (χ1) is 12.7. The number of likely N-dealkylation sites (tertiary alicyclic amines) is 1. The Morgan fingerprint density at radius 2 is 1.73 bits per heavy atom. The van der Waals surface area contributed by atoms with Gasteiger partial charge in [-0.25, -0.2) is 5.10 Å². The predicted octanol–water partition coefficient (Wildman–Crippen LogP) is 2.45. The van der Waals surface area contributed by atoms with Crippen molar-refractivity contribution >= 4 is 16.7 Å². The van der Waals surface area contributed by atoms with Crippen LogP contribution in [0.15, 0.2) is 29.1 Å². The van der Waals surface area contributed by atoms with Crippen LogP contribution in [-0.4, -0.2) is 46.2 Å². The number of nitrogens with zero attached hydrogens (tertiary/aromatic N) is 2. The Morgan fingerprint density at radius 3 is 2.46 bits per heavy atom. The summed E-state index contributed by atoms with van der Waals surface area (Å²) in [5.41, 5.74) is 0.0350. The molecule has 138 valence electrons. The zero-order valence-corrected chi connectivity index (χ0v) is 15.0. The maximum Gasteiger partial charge on any atom is 0.272 e. The van der Waals surface area contributed by atoms with Gasteiger partial charge in [-0.1, -0.05) is 37.5 Å². The standard InChI is InChI=1S/C20H26N4O2/c25-19-17-9-5-4-8-16(17)18(22-23-19)20(26)21-14-10-12-24(13-11-14)15-6-2-1-3-7-15/h4-5,8-9,14-15H,1-3,6-7,10-13H2,(H,21,26)(H,23,25). The first-order valence-corrected chi connectivity index (χ1v) is 9.75. The van der Waals surface area contributed by atoms with E-state index < -0.39 is 0 Å². The molecule has 2 heterocycles. The van der Waals surface area contributed by atoms with Gasteiger partial charge in [0.25, 0.3) is 11.5 Å². The molecule has 1 saturated carbocycles. The van der Waals surface area contributed by atoms with Crippen LogP contribution in [0.4, 0.5) is 0 Å². The summed E-state index contributed by atoms with van der Waals surface area (Å²) < 4.78 is 0. The van der Waals surface area contributed by atoms with E-state index in [1.807, 2.05) is 6.07 Å². The summed E-state index contributed by atoms with van der Waals surface area (Å²) in [6, 6.07) is 8.02. The fourth-order valence-corrected chi connectivity index (χ4v) is 4.40. The van der Waals surface area contributed by atoms with Crippen LogP contribution in [0.25, 0.3) is 10.8 Å². The molecule has 1 aliphatic heterocycles. The number of amides is 1. The molecule has 4 rings (SSSR count). The number of rotatable bonds is 3. The largest absolute Gasteiger partial charge is 0.348 e. The normalized spacial score (nSPS) is 20.3. The molecule has 2 aliphatic rings. The highest BCUT2D eigenvalue weighted by Gasteiger charge is 2.27. The molecule has 2 fully saturated rings. The lowest BCUT2D eigenvalue weighted by atomic mass is 9.92. The number of fused-ring (bicyclic) bond motifs is 1. The maximum atomic E-state index is 12.7. The molecule has 2 aromatic rings. The molecule has 6 heteroatoms. The Balaban J connectivity index is 1.40. The zero-order valence-electron chi connectivity index (χ0n) is 15.0.